The van der Waals surface area contributed by atoms with Gasteiger partial charge >= 0.3 is 0 Å². The molecule has 0 spiro atoms. The van der Waals surface area contributed by atoms with Crippen LogP contribution >= 0.6 is 26.9 Å². The molecule has 1 fully saturated rings. The average Bonchev–Trinajstić information content (AvgIpc) is 2.20. The first-order chi connectivity index (χ1) is 6.31. The zero-order chi connectivity index (χ0) is 9.15. The van der Waals surface area contributed by atoms with Gasteiger partial charge in [0.2, 0.25) is 0 Å². The Morgan fingerprint density at radius 1 is 0.929 bits per heavy atom. The van der Waals surface area contributed by atoms with Gasteiger partial charge in [-0.05, 0) is 31.4 Å². The molecule has 1 aromatic carbocycles. The molecule has 0 saturated carbocycles. The quantitative estimate of drug-likeness (QED) is 0.457. The van der Waals surface area contributed by atoms with E-state index in [1.165, 1.54) is 31.6 Å². The van der Waals surface area contributed by atoms with Crippen LogP contribution in [0.1, 0.15) is 19.3 Å². The lowest BCUT2D eigenvalue weighted by Crippen LogP contribution is -3.00. The minimum absolute atomic E-state index is 0. The van der Waals surface area contributed by atoms with Crippen molar-refractivity contribution in [1.82, 2.24) is 0 Å². The van der Waals surface area contributed by atoms with E-state index in [2.05, 4.69) is 52.4 Å². The smallest absolute Gasteiger partial charge is 0.160 e. The van der Waals surface area contributed by atoms with Crippen LogP contribution in [0.3, 0.4) is 0 Å². The van der Waals surface area contributed by atoms with Gasteiger partial charge in [-0.1, -0.05) is 18.2 Å². The normalized spacial score (nSPS) is 19.8. The van der Waals surface area contributed by atoms with Gasteiger partial charge in [0.25, 0.3) is 0 Å². The van der Waals surface area contributed by atoms with Crippen molar-refractivity contribution in [2.45, 2.75) is 19.3 Å². The van der Waals surface area contributed by atoms with Crippen LogP contribution in [0.5, 0.6) is 0 Å². The van der Waals surface area contributed by atoms with E-state index < -0.39 is 4.90 Å². The summed E-state index contributed by atoms with van der Waals surface area (Å²) in [7, 11) is 0. The molecule has 0 amide bonds. The summed E-state index contributed by atoms with van der Waals surface area (Å²) in [6.07, 6.45) is 7.30. The van der Waals surface area contributed by atoms with E-state index in [9.17, 15) is 0 Å². The molecular formula is C11H15I2P. The van der Waals surface area contributed by atoms with Crippen LogP contribution in [0, 0.1) is 0 Å². The van der Waals surface area contributed by atoms with Crippen molar-refractivity contribution < 1.29 is 24.0 Å². The second-order valence-corrected chi connectivity index (χ2v) is 12.4. The number of halogens is 2. The summed E-state index contributed by atoms with van der Waals surface area (Å²) in [4.78, 5) is -0.746. The number of benzene rings is 1. The molecule has 1 aliphatic rings. The van der Waals surface area contributed by atoms with Gasteiger partial charge in [0.05, 0.1) is 12.3 Å². The maximum absolute atomic E-state index is 2.77. The lowest BCUT2D eigenvalue weighted by atomic mass is 10.3. The summed E-state index contributed by atoms with van der Waals surface area (Å²) >= 11 is 2.77. The maximum Gasteiger partial charge on any atom is 0.160 e. The van der Waals surface area contributed by atoms with Crippen LogP contribution in [0.2, 0.25) is 0 Å². The van der Waals surface area contributed by atoms with E-state index in [1.807, 2.05) is 0 Å². The largest absolute Gasteiger partial charge is 1.00 e. The fourth-order valence-corrected chi connectivity index (χ4v) is 7.87. The molecule has 78 valence electrons. The SMILES string of the molecule is I[P+]1(c2ccccc2)CCCCC1.[I-]. The van der Waals surface area contributed by atoms with Crippen molar-refractivity contribution in [2.75, 3.05) is 12.3 Å². The summed E-state index contributed by atoms with van der Waals surface area (Å²) in [5, 5.41) is 1.63. The van der Waals surface area contributed by atoms with Crippen molar-refractivity contribution in [3.05, 3.63) is 30.3 Å². The monoisotopic (exact) mass is 432 g/mol. The number of hydrogen-bond acceptors (Lipinski definition) is 0. The lowest BCUT2D eigenvalue weighted by Gasteiger charge is -2.23. The van der Waals surface area contributed by atoms with Crippen LogP contribution in [0.25, 0.3) is 0 Å². The molecule has 0 aliphatic carbocycles. The van der Waals surface area contributed by atoms with E-state index in [-0.39, 0.29) is 24.0 Å². The third kappa shape index (κ3) is 3.05. The van der Waals surface area contributed by atoms with Crippen LogP contribution in [0.15, 0.2) is 30.3 Å². The Bertz CT molecular complexity index is 268. The topological polar surface area (TPSA) is 0 Å². The van der Waals surface area contributed by atoms with Crippen LogP contribution < -0.4 is 29.3 Å². The first-order valence-electron chi connectivity index (χ1n) is 4.94. The van der Waals surface area contributed by atoms with Crippen LogP contribution in [0.4, 0.5) is 0 Å². The molecule has 1 saturated heterocycles. The van der Waals surface area contributed by atoms with E-state index in [1.54, 1.807) is 5.30 Å². The fourth-order valence-electron chi connectivity index (χ4n) is 1.97. The van der Waals surface area contributed by atoms with Gasteiger partial charge in [0.15, 0.2) is 22.0 Å². The standard InChI is InChI=1S/C11H15IP.HI/c12-13(9-5-2-6-10-13)11-7-3-1-4-8-11;/h1,3-4,7-8H,2,5-6,9-10H2;1H/q+1;/p-1. The molecule has 0 atom stereocenters. The van der Waals surface area contributed by atoms with Crippen LogP contribution in [-0.2, 0) is 0 Å². The van der Waals surface area contributed by atoms with E-state index in [0.717, 1.165) is 0 Å². The lowest BCUT2D eigenvalue weighted by molar-refractivity contribution is -0.00000246. The summed E-state index contributed by atoms with van der Waals surface area (Å²) in [6.45, 7) is 0. The highest BCUT2D eigenvalue weighted by molar-refractivity contribution is 14.2. The van der Waals surface area contributed by atoms with Gasteiger partial charge in [-0.3, -0.25) is 0 Å². The Hall–Kier alpha value is 1.11. The second kappa shape index (κ2) is 6.00. The van der Waals surface area contributed by atoms with E-state index in [4.69, 9.17) is 0 Å². The third-order valence-corrected chi connectivity index (χ3v) is 10.6. The van der Waals surface area contributed by atoms with Crippen molar-refractivity contribution >= 4 is 32.3 Å². The second-order valence-electron chi connectivity index (χ2n) is 3.71. The van der Waals surface area contributed by atoms with Crippen molar-refractivity contribution in [3.8, 4) is 0 Å². The van der Waals surface area contributed by atoms with Gasteiger partial charge in [-0.2, -0.15) is 0 Å². The molecule has 1 aromatic rings. The molecule has 1 aliphatic heterocycles. The molecule has 0 bridgehead atoms. The van der Waals surface area contributed by atoms with Crippen molar-refractivity contribution in [1.29, 1.82) is 0 Å². The van der Waals surface area contributed by atoms with Crippen molar-refractivity contribution in [3.63, 3.8) is 0 Å². The molecule has 0 unspecified atom stereocenters. The Morgan fingerprint density at radius 2 is 1.50 bits per heavy atom. The predicted molar refractivity (Wildman–Crippen MR) is 70.6 cm³/mol. The summed E-state index contributed by atoms with van der Waals surface area (Å²) in [5.41, 5.74) is 0. The maximum atomic E-state index is 2.77. The van der Waals surface area contributed by atoms with Crippen LogP contribution in [-0.4, -0.2) is 12.3 Å². The van der Waals surface area contributed by atoms with Gasteiger partial charge in [-0.15, -0.1) is 0 Å². The highest BCUT2D eigenvalue weighted by atomic mass is 127. The Kier molecular flexibility index (Phi) is 5.64. The summed E-state index contributed by atoms with van der Waals surface area (Å²) < 4.78 is 0. The highest BCUT2D eigenvalue weighted by Crippen LogP contribution is 2.68. The Balaban J connectivity index is 0.000000980. The first kappa shape index (κ1) is 13.2. The zero-order valence-electron chi connectivity index (χ0n) is 8.13. The van der Waals surface area contributed by atoms with E-state index in [0.29, 0.717) is 0 Å². The predicted octanol–water partition coefficient (Wildman–Crippen LogP) is 0.867. The molecule has 1 heterocycles. The van der Waals surface area contributed by atoms with E-state index >= 15 is 0 Å². The molecule has 2 rings (SSSR count). The summed E-state index contributed by atoms with van der Waals surface area (Å²) in [5.74, 6) is 0. The Morgan fingerprint density at radius 3 is 2.07 bits per heavy atom. The van der Waals surface area contributed by atoms with Gasteiger partial charge in [0.1, 0.15) is 10.2 Å². The zero-order valence-corrected chi connectivity index (χ0v) is 13.3. The fraction of sp³-hybridized carbons (Fsp3) is 0.455. The third-order valence-electron chi connectivity index (χ3n) is 2.74. The molecular weight excluding hydrogens is 417 g/mol. The Labute approximate surface area is 117 Å². The molecule has 0 aromatic heterocycles. The first-order valence-corrected chi connectivity index (χ1v) is 9.88. The minimum atomic E-state index is -0.746. The minimum Gasteiger partial charge on any atom is -1.00 e. The molecule has 14 heavy (non-hydrogen) atoms. The van der Waals surface area contributed by atoms with Gasteiger partial charge in [0, 0.05) is 0 Å². The molecule has 3 heteroatoms. The number of rotatable bonds is 1. The number of hydrogen-bond donors (Lipinski definition) is 0. The average molecular weight is 432 g/mol. The molecule has 0 nitrogen and oxygen atoms in total. The summed E-state index contributed by atoms with van der Waals surface area (Å²) in [6, 6.07) is 11.1. The highest BCUT2D eigenvalue weighted by Gasteiger charge is 2.38. The van der Waals surface area contributed by atoms with Gasteiger partial charge < -0.3 is 24.0 Å². The van der Waals surface area contributed by atoms with Gasteiger partial charge in [-0.25, -0.2) is 0 Å². The van der Waals surface area contributed by atoms with Crippen molar-refractivity contribution in [2.24, 2.45) is 0 Å². The molecule has 0 N–H and O–H groups in total. The molecule has 0 radical (unpaired) electrons.